The summed E-state index contributed by atoms with van der Waals surface area (Å²) in [6.45, 7) is 8.76. The predicted molar refractivity (Wildman–Crippen MR) is 62.1 cm³/mol. The summed E-state index contributed by atoms with van der Waals surface area (Å²) in [5.41, 5.74) is 2.42. The number of hydrogen-bond acceptors (Lipinski definition) is 2. The normalized spacial score (nSPS) is 18.6. The third-order valence-corrected chi connectivity index (χ3v) is 2.70. The van der Waals surface area contributed by atoms with Crippen molar-refractivity contribution in [1.82, 2.24) is 5.16 Å². The highest BCUT2D eigenvalue weighted by atomic mass is 16.5. The zero-order valence-electron chi connectivity index (χ0n) is 9.74. The number of rotatable bonds is 1. The lowest BCUT2D eigenvalue weighted by Crippen LogP contribution is -2.04. The third-order valence-electron chi connectivity index (χ3n) is 2.70. The molecule has 0 saturated heterocycles. The first-order valence-corrected chi connectivity index (χ1v) is 5.36. The molecule has 15 heavy (non-hydrogen) atoms. The van der Waals surface area contributed by atoms with E-state index in [2.05, 4.69) is 51.1 Å². The number of allylic oxidation sites excluding steroid dienone is 3. The fourth-order valence-electron chi connectivity index (χ4n) is 1.83. The fraction of sp³-hybridized carbons (Fsp3) is 0.462. The average molecular weight is 203 g/mol. The number of fused-ring (bicyclic) bond motifs is 1. The van der Waals surface area contributed by atoms with Gasteiger partial charge in [0.1, 0.15) is 0 Å². The van der Waals surface area contributed by atoms with Gasteiger partial charge >= 0.3 is 0 Å². The smallest absolute Gasteiger partial charge is 0.169 e. The largest absolute Gasteiger partial charge is 0.356 e. The summed E-state index contributed by atoms with van der Waals surface area (Å²) in [7, 11) is 0. The lowest BCUT2D eigenvalue weighted by atomic mass is 9.88. The zero-order valence-corrected chi connectivity index (χ0v) is 9.74. The lowest BCUT2D eigenvalue weighted by Gasteiger charge is -2.17. The Morgan fingerprint density at radius 1 is 1.33 bits per heavy atom. The van der Waals surface area contributed by atoms with Gasteiger partial charge in [-0.05, 0) is 11.5 Å². The Kier molecular flexibility index (Phi) is 2.29. The molecule has 0 amide bonds. The quantitative estimate of drug-likeness (QED) is 0.694. The van der Waals surface area contributed by atoms with E-state index in [0.717, 1.165) is 11.3 Å². The molecule has 80 valence electrons. The van der Waals surface area contributed by atoms with Crippen LogP contribution >= 0.6 is 0 Å². The van der Waals surface area contributed by atoms with Crippen molar-refractivity contribution in [2.75, 3.05) is 0 Å². The summed E-state index contributed by atoms with van der Waals surface area (Å²) in [6, 6.07) is 0. The second kappa shape index (κ2) is 3.37. The van der Waals surface area contributed by atoms with Crippen molar-refractivity contribution >= 4 is 11.6 Å². The van der Waals surface area contributed by atoms with Gasteiger partial charge in [0.15, 0.2) is 5.76 Å². The van der Waals surface area contributed by atoms with Crippen LogP contribution in [-0.2, 0) is 0 Å². The van der Waals surface area contributed by atoms with Gasteiger partial charge in [-0.1, -0.05) is 51.1 Å². The Morgan fingerprint density at radius 3 is 2.73 bits per heavy atom. The van der Waals surface area contributed by atoms with E-state index >= 15 is 0 Å². The second-order valence-corrected chi connectivity index (χ2v) is 5.02. The molecule has 0 radical (unpaired) electrons. The maximum absolute atomic E-state index is 5.33. The molecule has 0 aromatic carbocycles. The van der Waals surface area contributed by atoms with Crippen LogP contribution in [-0.4, -0.2) is 5.16 Å². The van der Waals surface area contributed by atoms with Crippen molar-refractivity contribution in [3.8, 4) is 0 Å². The topological polar surface area (TPSA) is 26.0 Å². The Bertz CT molecular complexity index is 421. The number of hydrogen-bond donors (Lipinski definition) is 0. The third kappa shape index (κ3) is 1.89. The molecule has 1 aromatic heterocycles. The van der Waals surface area contributed by atoms with Crippen molar-refractivity contribution in [3.63, 3.8) is 0 Å². The molecule has 1 aliphatic carbocycles. The van der Waals surface area contributed by atoms with Crippen molar-refractivity contribution in [2.45, 2.75) is 27.7 Å². The molecule has 0 bridgehead atoms. The van der Waals surface area contributed by atoms with E-state index < -0.39 is 0 Å². The van der Waals surface area contributed by atoms with Crippen LogP contribution in [0.25, 0.3) is 11.6 Å². The van der Waals surface area contributed by atoms with Crippen molar-refractivity contribution in [2.24, 2.45) is 11.3 Å². The van der Waals surface area contributed by atoms with Gasteiger partial charge in [0.25, 0.3) is 0 Å². The van der Waals surface area contributed by atoms with E-state index in [9.17, 15) is 0 Å². The lowest BCUT2D eigenvalue weighted by molar-refractivity contribution is 0.405. The van der Waals surface area contributed by atoms with Crippen LogP contribution in [0.4, 0.5) is 0 Å². The standard InChI is InChI=1S/C13H17NO/c1-9(2)11-7-13(3,4)6-5-10-8-14-15-12(10)11/h5-9H,1-4H3. The first-order valence-electron chi connectivity index (χ1n) is 5.36. The van der Waals surface area contributed by atoms with Gasteiger partial charge in [0, 0.05) is 11.0 Å². The molecule has 2 nitrogen and oxygen atoms in total. The molecule has 2 rings (SSSR count). The Balaban J connectivity index is 2.58. The monoisotopic (exact) mass is 203 g/mol. The Labute approximate surface area is 90.7 Å². The molecule has 0 unspecified atom stereocenters. The van der Waals surface area contributed by atoms with Crippen LogP contribution in [0.5, 0.6) is 0 Å². The molecule has 0 saturated carbocycles. The van der Waals surface area contributed by atoms with Gasteiger partial charge in [0.05, 0.1) is 6.20 Å². The average Bonchev–Trinajstić information content (AvgIpc) is 2.54. The van der Waals surface area contributed by atoms with E-state index in [1.165, 1.54) is 5.57 Å². The SMILES string of the molecule is CC(C)C1=CC(C)(C)C=Cc2cnoc21. The van der Waals surface area contributed by atoms with Crippen LogP contribution < -0.4 is 0 Å². The first-order chi connectivity index (χ1) is 6.99. The van der Waals surface area contributed by atoms with Crippen LogP contribution in [0.2, 0.25) is 0 Å². The molecular formula is C13H17NO. The molecule has 0 N–H and O–H groups in total. The zero-order chi connectivity index (χ0) is 11.1. The minimum atomic E-state index is 0.0845. The van der Waals surface area contributed by atoms with Crippen LogP contribution in [0.1, 0.15) is 39.0 Å². The van der Waals surface area contributed by atoms with E-state index in [1.807, 2.05) is 0 Å². The highest BCUT2D eigenvalue weighted by Gasteiger charge is 2.22. The van der Waals surface area contributed by atoms with E-state index in [-0.39, 0.29) is 5.41 Å². The van der Waals surface area contributed by atoms with Crippen LogP contribution in [0, 0.1) is 11.3 Å². The summed E-state index contributed by atoms with van der Waals surface area (Å²) >= 11 is 0. The molecule has 0 spiro atoms. The fourth-order valence-corrected chi connectivity index (χ4v) is 1.83. The van der Waals surface area contributed by atoms with Crippen molar-refractivity contribution < 1.29 is 4.52 Å². The second-order valence-electron chi connectivity index (χ2n) is 5.02. The molecule has 1 aliphatic rings. The summed E-state index contributed by atoms with van der Waals surface area (Å²) in [5.74, 6) is 1.38. The van der Waals surface area contributed by atoms with Gasteiger partial charge in [-0.2, -0.15) is 0 Å². The molecule has 0 atom stereocenters. The van der Waals surface area contributed by atoms with Crippen LogP contribution in [0.15, 0.2) is 22.9 Å². The van der Waals surface area contributed by atoms with E-state index in [0.29, 0.717) is 5.92 Å². The Hall–Kier alpha value is -1.31. The van der Waals surface area contributed by atoms with Gasteiger partial charge in [-0.15, -0.1) is 0 Å². The summed E-state index contributed by atoms with van der Waals surface area (Å²) in [5, 5.41) is 3.86. The van der Waals surface area contributed by atoms with Gasteiger partial charge in [0.2, 0.25) is 0 Å². The molecule has 1 aromatic rings. The maximum atomic E-state index is 5.33. The molecular weight excluding hydrogens is 186 g/mol. The van der Waals surface area contributed by atoms with E-state index in [1.54, 1.807) is 6.20 Å². The number of aromatic nitrogens is 1. The molecule has 1 heterocycles. The number of nitrogens with zero attached hydrogens (tertiary/aromatic N) is 1. The molecule has 2 heteroatoms. The molecule has 0 aliphatic heterocycles. The van der Waals surface area contributed by atoms with Gasteiger partial charge < -0.3 is 4.52 Å². The summed E-state index contributed by atoms with van der Waals surface area (Å²) in [6.07, 6.45) is 8.34. The Morgan fingerprint density at radius 2 is 2.07 bits per heavy atom. The maximum Gasteiger partial charge on any atom is 0.169 e. The van der Waals surface area contributed by atoms with E-state index in [4.69, 9.17) is 4.52 Å². The highest BCUT2D eigenvalue weighted by Crippen LogP contribution is 2.36. The highest BCUT2D eigenvalue weighted by molar-refractivity contribution is 5.74. The van der Waals surface area contributed by atoms with Gasteiger partial charge in [-0.25, -0.2) is 0 Å². The minimum Gasteiger partial charge on any atom is -0.356 e. The molecule has 0 fully saturated rings. The minimum absolute atomic E-state index is 0.0845. The predicted octanol–water partition coefficient (Wildman–Crippen LogP) is 3.77. The summed E-state index contributed by atoms with van der Waals surface area (Å²) < 4.78 is 5.33. The first kappa shape index (κ1) is 10.2. The van der Waals surface area contributed by atoms with Crippen molar-refractivity contribution in [1.29, 1.82) is 0 Å². The van der Waals surface area contributed by atoms with Gasteiger partial charge in [-0.3, -0.25) is 0 Å². The van der Waals surface area contributed by atoms with Crippen LogP contribution in [0.3, 0.4) is 0 Å². The van der Waals surface area contributed by atoms with Crippen molar-refractivity contribution in [3.05, 3.63) is 29.7 Å². The summed E-state index contributed by atoms with van der Waals surface area (Å²) in [4.78, 5) is 0.